The molecule has 0 amide bonds. The standard InChI is InChI=1S/C12H11BrN2O3/c1-7-2-3-8(4-9(7)13)14-5-11-15-10(6-18-11)12(16)17/h2-4,6,14H,5H2,1H3,(H,16,17). The van der Waals surface area contributed by atoms with Gasteiger partial charge in [0, 0.05) is 10.2 Å². The average molecular weight is 311 g/mol. The second-order valence-corrected chi connectivity index (χ2v) is 4.60. The van der Waals surface area contributed by atoms with Crippen molar-refractivity contribution in [2.24, 2.45) is 0 Å². The van der Waals surface area contributed by atoms with Crippen LogP contribution in [0.1, 0.15) is 21.9 Å². The van der Waals surface area contributed by atoms with E-state index in [0.29, 0.717) is 12.4 Å². The molecule has 6 heteroatoms. The van der Waals surface area contributed by atoms with Crippen LogP contribution in [0.5, 0.6) is 0 Å². The predicted octanol–water partition coefficient (Wildman–Crippen LogP) is 3.06. The van der Waals surface area contributed by atoms with Gasteiger partial charge in [-0.05, 0) is 24.6 Å². The van der Waals surface area contributed by atoms with Gasteiger partial charge in [-0.1, -0.05) is 22.0 Å². The molecule has 2 rings (SSSR count). The van der Waals surface area contributed by atoms with Gasteiger partial charge in [0.05, 0.1) is 6.54 Å². The third-order valence-electron chi connectivity index (χ3n) is 2.39. The van der Waals surface area contributed by atoms with Crippen molar-refractivity contribution in [3.05, 3.63) is 46.1 Å². The van der Waals surface area contributed by atoms with Crippen LogP contribution in [0.4, 0.5) is 5.69 Å². The maximum absolute atomic E-state index is 10.6. The number of nitrogens with one attached hydrogen (secondary N) is 1. The first-order valence-corrected chi connectivity index (χ1v) is 6.03. The number of carboxylic acids is 1. The minimum Gasteiger partial charge on any atom is -0.476 e. The Kier molecular flexibility index (Phi) is 3.66. The van der Waals surface area contributed by atoms with Crippen LogP contribution in [0.25, 0.3) is 0 Å². The van der Waals surface area contributed by atoms with Crippen molar-refractivity contribution in [3.8, 4) is 0 Å². The Morgan fingerprint density at radius 3 is 2.94 bits per heavy atom. The minimum atomic E-state index is -1.09. The quantitative estimate of drug-likeness (QED) is 0.907. The van der Waals surface area contributed by atoms with Crippen LogP contribution in [0.2, 0.25) is 0 Å². The van der Waals surface area contributed by atoms with Crippen LogP contribution in [0.3, 0.4) is 0 Å². The van der Waals surface area contributed by atoms with E-state index in [1.54, 1.807) is 0 Å². The van der Waals surface area contributed by atoms with E-state index in [4.69, 9.17) is 9.52 Å². The summed E-state index contributed by atoms with van der Waals surface area (Å²) in [5.74, 6) is -0.757. The second-order valence-electron chi connectivity index (χ2n) is 3.75. The highest BCUT2D eigenvalue weighted by atomic mass is 79.9. The van der Waals surface area contributed by atoms with E-state index in [1.807, 2.05) is 25.1 Å². The SMILES string of the molecule is Cc1ccc(NCc2nc(C(=O)O)co2)cc1Br. The molecular formula is C12H11BrN2O3. The molecule has 1 aromatic carbocycles. The number of carboxylic acid groups (broad SMARTS) is 1. The molecule has 0 unspecified atom stereocenters. The monoisotopic (exact) mass is 310 g/mol. The van der Waals surface area contributed by atoms with Gasteiger partial charge in [-0.15, -0.1) is 0 Å². The van der Waals surface area contributed by atoms with E-state index in [1.165, 1.54) is 0 Å². The smallest absolute Gasteiger partial charge is 0.357 e. The molecule has 18 heavy (non-hydrogen) atoms. The number of carbonyl (C=O) groups is 1. The Balaban J connectivity index is 2.02. The molecular weight excluding hydrogens is 300 g/mol. The first-order chi connectivity index (χ1) is 8.56. The molecule has 0 atom stereocenters. The van der Waals surface area contributed by atoms with Gasteiger partial charge in [0.1, 0.15) is 6.26 Å². The van der Waals surface area contributed by atoms with Crippen LogP contribution in [0.15, 0.2) is 33.4 Å². The summed E-state index contributed by atoms with van der Waals surface area (Å²) in [6.45, 7) is 2.34. The third-order valence-corrected chi connectivity index (χ3v) is 3.24. The van der Waals surface area contributed by atoms with Gasteiger partial charge in [-0.3, -0.25) is 0 Å². The number of halogens is 1. The van der Waals surface area contributed by atoms with Crippen LogP contribution in [-0.4, -0.2) is 16.1 Å². The molecule has 2 N–H and O–H groups in total. The fraction of sp³-hybridized carbons (Fsp3) is 0.167. The van der Waals surface area contributed by atoms with Crippen LogP contribution in [0, 0.1) is 6.92 Å². The van der Waals surface area contributed by atoms with Gasteiger partial charge in [0.25, 0.3) is 0 Å². The Morgan fingerprint density at radius 2 is 2.33 bits per heavy atom. The van der Waals surface area contributed by atoms with Gasteiger partial charge < -0.3 is 14.8 Å². The Bertz CT molecular complexity index is 580. The lowest BCUT2D eigenvalue weighted by atomic mass is 10.2. The Hall–Kier alpha value is -1.82. The molecule has 94 valence electrons. The molecule has 0 aliphatic rings. The number of hydrogen-bond donors (Lipinski definition) is 2. The van der Waals surface area contributed by atoms with E-state index in [9.17, 15) is 4.79 Å². The predicted molar refractivity (Wildman–Crippen MR) is 69.7 cm³/mol. The third kappa shape index (κ3) is 2.89. The zero-order chi connectivity index (χ0) is 13.1. The van der Waals surface area contributed by atoms with E-state index in [0.717, 1.165) is 22.0 Å². The van der Waals surface area contributed by atoms with Gasteiger partial charge in [-0.25, -0.2) is 9.78 Å². The summed E-state index contributed by atoms with van der Waals surface area (Å²) in [7, 11) is 0. The zero-order valence-corrected chi connectivity index (χ0v) is 11.2. The van der Waals surface area contributed by atoms with Crippen molar-refractivity contribution < 1.29 is 14.3 Å². The number of aryl methyl sites for hydroxylation is 1. The van der Waals surface area contributed by atoms with Crippen molar-refractivity contribution in [1.82, 2.24) is 4.98 Å². The molecule has 0 radical (unpaired) electrons. The number of anilines is 1. The maximum Gasteiger partial charge on any atom is 0.357 e. The highest BCUT2D eigenvalue weighted by Crippen LogP contribution is 2.21. The first-order valence-electron chi connectivity index (χ1n) is 5.24. The molecule has 2 aromatic rings. The lowest BCUT2D eigenvalue weighted by molar-refractivity contribution is 0.0690. The molecule has 0 saturated heterocycles. The van der Waals surface area contributed by atoms with E-state index in [-0.39, 0.29) is 5.69 Å². The zero-order valence-electron chi connectivity index (χ0n) is 9.61. The van der Waals surface area contributed by atoms with Crippen molar-refractivity contribution in [2.45, 2.75) is 13.5 Å². The first kappa shape index (κ1) is 12.6. The Morgan fingerprint density at radius 1 is 1.56 bits per heavy atom. The molecule has 0 spiro atoms. The summed E-state index contributed by atoms with van der Waals surface area (Å²) in [6, 6.07) is 5.85. The largest absolute Gasteiger partial charge is 0.476 e. The van der Waals surface area contributed by atoms with Crippen molar-refractivity contribution >= 4 is 27.6 Å². The van der Waals surface area contributed by atoms with Gasteiger partial charge in [0.15, 0.2) is 5.69 Å². The number of hydrogen-bond acceptors (Lipinski definition) is 4. The normalized spacial score (nSPS) is 10.3. The lowest BCUT2D eigenvalue weighted by Crippen LogP contribution is -2.01. The summed E-state index contributed by atoms with van der Waals surface area (Å²) in [6.07, 6.45) is 1.13. The van der Waals surface area contributed by atoms with Gasteiger partial charge in [-0.2, -0.15) is 0 Å². The molecule has 0 aliphatic heterocycles. The number of nitrogens with zero attached hydrogens (tertiary/aromatic N) is 1. The maximum atomic E-state index is 10.6. The molecule has 0 fully saturated rings. The summed E-state index contributed by atoms with van der Waals surface area (Å²) < 4.78 is 6.04. The summed E-state index contributed by atoms with van der Waals surface area (Å²) in [5.41, 5.74) is 1.96. The van der Waals surface area contributed by atoms with E-state index in [2.05, 4.69) is 26.2 Å². The topological polar surface area (TPSA) is 75.4 Å². The fourth-order valence-electron chi connectivity index (χ4n) is 1.37. The molecule has 0 bridgehead atoms. The number of aromatic nitrogens is 1. The van der Waals surface area contributed by atoms with Gasteiger partial charge in [0.2, 0.25) is 5.89 Å². The van der Waals surface area contributed by atoms with Crippen molar-refractivity contribution in [1.29, 1.82) is 0 Å². The van der Waals surface area contributed by atoms with Crippen molar-refractivity contribution in [2.75, 3.05) is 5.32 Å². The Labute approximate surface area is 112 Å². The molecule has 5 nitrogen and oxygen atoms in total. The minimum absolute atomic E-state index is 0.0862. The summed E-state index contributed by atoms with van der Waals surface area (Å²) >= 11 is 3.44. The summed E-state index contributed by atoms with van der Waals surface area (Å²) in [4.78, 5) is 14.4. The highest BCUT2D eigenvalue weighted by Gasteiger charge is 2.09. The van der Waals surface area contributed by atoms with E-state index >= 15 is 0 Å². The lowest BCUT2D eigenvalue weighted by Gasteiger charge is -2.05. The number of oxazole rings is 1. The fourth-order valence-corrected chi connectivity index (χ4v) is 1.75. The molecule has 0 aliphatic carbocycles. The molecule has 1 aromatic heterocycles. The summed E-state index contributed by atoms with van der Waals surface area (Å²) in [5, 5.41) is 11.8. The number of aromatic carboxylic acids is 1. The van der Waals surface area contributed by atoms with Crippen LogP contribution < -0.4 is 5.32 Å². The number of rotatable bonds is 4. The van der Waals surface area contributed by atoms with Crippen LogP contribution in [-0.2, 0) is 6.54 Å². The highest BCUT2D eigenvalue weighted by molar-refractivity contribution is 9.10. The molecule has 1 heterocycles. The van der Waals surface area contributed by atoms with Crippen molar-refractivity contribution in [3.63, 3.8) is 0 Å². The van der Waals surface area contributed by atoms with E-state index < -0.39 is 5.97 Å². The van der Waals surface area contributed by atoms with Crippen LogP contribution >= 0.6 is 15.9 Å². The average Bonchev–Trinajstić information content (AvgIpc) is 2.79. The number of benzene rings is 1. The second kappa shape index (κ2) is 5.22. The molecule has 0 saturated carbocycles. The van der Waals surface area contributed by atoms with Gasteiger partial charge >= 0.3 is 5.97 Å².